The summed E-state index contributed by atoms with van der Waals surface area (Å²) in [7, 11) is 0. The average molecular weight is 269 g/mol. The van der Waals surface area contributed by atoms with E-state index in [0.717, 1.165) is 30.0 Å². The molecule has 2 aromatic rings. The maximum atomic E-state index is 5.91. The van der Waals surface area contributed by atoms with Crippen molar-refractivity contribution in [3.8, 4) is 5.75 Å². The van der Waals surface area contributed by atoms with Gasteiger partial charge in [0, 0.05) is 5.69 Å². The van der Waals surface area contributed by atoms with Crippen molar-refractivity contribution in [3.05, 3.63) is 59.2 Å². The van der Waals surface area contributed by atoms with Crippen molar-refractivity contribution in [2.45, 2.75) is 19.4 Å². The van der Waals surface area contributed by atoms with Crippen molar-refractivity contribution >= 4 is 5.69 Å². The van der Waals surface area contributed by atoms with E-state index >= 15 is 0 Å². The molecule has 3 nitrogen and oxygen atoms in total. The Kier molecular flexibility index (Phi) is 3.61. The van der Waals surface area contributed by atoms with Gasteiger partial charge >= 0.3 is 0 Å². The van der Waals surface area contributed by atoms with Crippen molar-refractivity contribution in [1.82, 2.24) is 0 Å². The largest absolute Gasteiger partial charge is 0.490 e. The molecule has 0 radical (unpaired) electrons. The third kappa shape index (κ3) is 2.63. The molecule has 1 aliphatic rings. The molecule has 0 spiro atoms. The zero-order valence-corrected chi connectivity index (χ0v) is 11.6. The number of aryl methyl sites for hydroxylation is 1. The van der Waals surface area contributed by atoms with E-state index in [1.54, 1.807) is 0 Å². The van der Waals surface area contributed by atoms with E-state index < -0.39 is 0 Å². The van der Waals surface area contributed by atoms with Crippen molar-refractivity contribution in [1.29, 1.82) is 0 Å². The van der Waals surface area contributed by atoms with Gasteiger partial charge in [-0.2, -0.15) is 0 Å². The van der Waals surface area contributed by atoms with Crippen LogP contribution in [-0.4, -0.2) is 13.2 Å². The highest BCUT2D eigenvalue weighted by atomic mass is 16.5. The summed E-state index contributed by atoms with van der Waals surface area (Å²) in [5, 5.41) is 0. The second-order valence-corrected chi connectivity index (χ2v) is 5.14. The predicted molar refractivity (Wildman–Crippen MR) is 79.9 cm³/mol. The second kappa shape index (κ2) is 5.55. The predicted octanol–water partition coefficient (Wildman–Crippen LogP) is 3.27. The zero-order chi connectivity index (χ0) is 13.9. The first kappa shape index (κ1) is 13.0. The van der Waals surface area contributed by atoms with Gasteiger partial charge in [-0.25, -0.2) is 0 Å². The lowest BCUT2D eigenvalue weighted by molar-refractivity contribution is 0.0101. The molecule has 0 bridgehead atoms. The lowest BCUT2D eigenvalue weighted by atomic mass is 9.98. The third-order valence-electron chi connectivity index (χ3n) is 3.68. The Morgan fingerprint density at radius 1 is 1.25 bits per heavy atom. The molecule has 2 aromatic carbocycles. The zero-order valence-electron chi connectivity index (χ0n) is 11.6. The fraction of sp³-hybridized carbons (Fsp3) is 0.294. The second-order valence-electron chi connectivity index (χ2n) is 5.14. The Hall–Kier alpha value is -2.00. The Morgan fingerprint density at radius 2 is 2.10 bits per heavy atom. The van der Waals surface area contributed by atoms with Gasteiger partial charge in [0.1, 0.15) is 18.5 Å². The third-order valence-corrected chi connectivity index (χ3v) is 3.68. The lowest BCUT2D eigenvalue weighted by Gasteiger charge is -2.26. The van der Waals surface area contributed by atoms with Crippen molar-refractivity contribution in [2.24, 2.45) is 0 Å². The van der Waals surface area contributed by atoms with E-state index in [1.165, 1.54) is 11.1 Å². The topological polar surface area (TPSA) is 44.5 Å². The van der Waals surface area contributed by atoms with E-state index in [-0.39, 0.29) is 6.10 Å². The molecule has 0 saturated carbocycles. The highest BCUT2D eigenvalue weighted by molar-refractivity contribution is 5.47. The smallest absolute Gasteiger partial charge is 0.122 e. The highest BCUT2D eigenvalue weighted by Crippen LogP contribution is 2.28. The maximum Gasteiger partial charge on any atom is 0.122 e. The van der Waals surface area contributed by atoms with Gasteiger partial charge in [0.2, 0.25) is 0 Å². The summed E-state index contributed by atoms with van der Waals surface area (Å²) in [6.07, 6.45) is 0.991. The van der Waals surface area contributed by atoms with Crippen LogP contribution in [0.4, 0.5) is 5.69 Å². The molecule has 1 aliphatic heterocycles. The molecule has 0 aliphatic carbocycles. The fourth-order valence-electron chi connectivity index (χ4n) is 2.61. The molecule has 0 fully saturated rings. The maximum absolute atomic E-state index is 5.91. The minimum Gasteiger partial charge on any atom is -0.490 e. The van der Waals surface area contributed by atoms with Gasteiger partial charge in [-0.3, -0.25) is 0 Å². The van der Waals surface area contributed by atoms with Crippen molar-refractivity contribution < 1.29 is 9.47 Å². The van der Waals surface area contributed by atoms with Crippen LogP contribution in [0, 0.1) is 6.92 Å². The van der Waals surface area contributed by atoms with Crippen LogP contribution in [0.2, 0.25) is 0 Å². The first-order chi connectivity index (χ1) is 9.74. The summed E-state index contributed by atoms with van der Waals surface area (Å²) < 4.78 is 11.7. The lowest BCUT2D eigenvalue weighted by Crippen LogP contribution is -2.21. The van der Waals surface area contributed by atoms with Gasteiger partial charge in [-0.05, 0) is 48.2 Å². The number of rotatable bonds is 3. The Morgan fingerprint density at radius 3 is 2.95 bits per heavy atom. The van der Waals surface area contributed by atoms with Crippen LogP contribution in [0.3, 0.4) is 0 Å². The standard InChI is InChI=1S/C17H19NO2/c1-12-10-14(18)6-7-16(12)20-11-17-15-5-3-2-4-13(15)8-9-19-17/h2-7,10,17H,8-9,11,18H2,1H3. The summed E-state index contributed by atoms with van der Waals surface area (Å²) >= 11 is 0. The van der Waals surface area contributed by atoms with Gasteiger partial charge in [-0.15, -0.1) is 0 Å². The number of benzene rings is 2. The van der Waals surface area contributed by atoms with E-state index in [4.69, 9.17) is 15.2 Å². The number of fused-ring (bicyclic) bond motifs is 1. The molecule has 1 unspecified atom stereocenters. The molecular formula is C17H19NO2. The molecule has 0 amide bonds. The summed E-state index contributed by atoms with van der Waals surface area (Å²) in [5.41, 5.74) is 10.2. The quantitative estimate of drug-likeness (QED) is 0.870. The van der Waals surface area contributed by atoms with E-state index in [2.05, 4.69) is 24.3 Å². The number of ether oxygens (including phenoxy) is 2. The first-order valence-corrected chi connectivity index (χ1v) is 6.92. The monoisotopic (exact) mass is 269 g/mol. The fourth-order valence-corrected chi connectivity index (χ4v) is 2.61. The number of hydrogen-bond acceptors (Lipinski definition) is 3. The molecule has 3 heteroatoms. The normalized spacial score (nSPS) is 17.6. The summed E-state index contributed by atoms with van der Waals surface area (Å²) in [5.74, 6) is 0.867. The number of nitrogens with two attached hydrogens (primary N) is 1. The molecule has 20 heavy (non-hydrogen) atoms. The molecule has 0 aromatic heterocycles. The number of hydrogen-bond donors (Lipinski definition) is 1. The van der Waals surface area contributed by atoms with Crippen LogP contribution in [0.15, 0.2) is 42.5 Å². The van der Waals surface area contributed by atoms with Crippen LogP contribution >= 0.6 is 0 Å². The van der Waals surface area contributed by atoms with Crippen LogP contribution in [0.5, 0.6) is 5.75 Å². The molecule has 104 valence electrons. The Balaban J connectivity index is 1.73. The van der Waals surface area contributed by atoms with E-state index in [1.807, 2.05) is 25.1 Å². The number of anilines is 1. The first-order valence-electron chi connectivity index (χ1n) is 6.92. The van der Waals surface area contributed by atoms with E-state index in [0.29, 0.717) is 6.61 Å². The van der Waals surface area contributed by atoms with Crippen LogP contribution in [-0.2, 0) is 11.2 Å². The highest BCUT2D eigenvalue weighted by Gasteiger charge is 2.21. The summed E-state index contributed by atoms with van der Waals surface area (Å²) in [6.45, 7) is 3.29. The average Bonchev–Trinajstić information content (AvgIpc) is 2.46. The molecule has 1 heterocycles. The molecule has 0 saturated heterocycles. The minimum atomic E-state index is 0.0110. The Bertz CT molecular complexity index is 610. The van der Waals surface area contributed by atoms with Gasteiger partial charge < -0.3 is 15.2 Å². The van der Waals surface area contributed by atoms with Gasteiger partial charge in [0.15, 0.2) is 0 Å². The number of nitrogen functional groups attached to an aromatic ring is 1. The molecule has 2 N–H and O–H groups in total. The molecule has 3 rings (SSSR count). The van der Waals surface area contributed by atoms with Gasteiger partial charge in [0.05, 0.1) is 6.61 Å². The minimum absolute atomic E-state index is 0.0110. The van der Waals surface area contributed by atoms with Crippen molar-refractivity contribution in [2.75, 3.05) is 18.9 Å². The summed E-state index contributed by atoms with van der Waals surface area (Å²) in [4.78, 5) is 0. The van der Waals surface area contributed by atoms with Crippen LogP contribution < -0.4 is 10.5 Å². The SMILES string of the molecule is Cc1cc(N)ccc1OCC1OCCc2ccccc21. The van der Waals surface area contributed by atoms with Crippen LogP contribution in [0.25, 0.3) is 0 Å². The van der Waals surface area contributed by atoms with E-state index in [9.17, 15) is 0 Å². The van der Waals surface area contributed by atoms with Gasteiger partial charge in [-0.1, -0.05) is 24.3 Å². The summed E-state index contributed by atoms with van der Waals surface area (Å²) in [6, 6.07) is 14.1. The molecular weight excluding hydrogens is 250 g/mol. The van der Waals surface area contributed by atoms with Gasteiger partial charge in [0.25, 0.3) is 0 Å². The van der Waals surface area contributed by atoms with Crippen LogP contribution in [0.1, 0.15) is 22.8 Å². The Labute approximate surface area is 119 Å². The van der Waals surface area contributed by atoms with Crippen molar-refractivity contribution in [3.63, 3.8) is 0 Å². The molecule has 1 atom stereocenters.